The normalized spacial score (nSPS) is 8.56. The summed E-state index contributed by atoms with van der Waals surface area (Å²) in [4.78, 5) is 19.7. The van der Waals surface area contributed by atoms with E-state index in [4.69, 9.17) is 40.8 Å². The molecule has 14 nitrogen and oxygen atoms in total. The van der Waals surface area contributed by atoms with Gasteiger partial charge in [0.1, 0.15) is 0 Å². The molecule has 0 aromatic carbocycles. The van der Waals surface area contributed by atoms with Crippen molar-refractivity contribution in [1.29, 1.82) is 0 Å². The van der Waals surface area contributed by atoms with Crippen LogP contribution >= 0.6 is 0 Å². The average Bonchev–Trinajstić information content (AvgIpc) is 2.87. The first kappa shape index (κ1) is 34.0. The summed E-state index contributed by atoms with van der Waals surface area (Å²) in [6, 6.07) is 23.2. The van der Waals surface area contributed by atoms with Gasteiger partial charge in [0.15, 0.2) is 0 Å². The van der Waals surface area contributed by atoms with E-state index in [1.54, 1.807) is 24.8 Å². The van der Waals surface area contributed by atoms with E-state index < -0.39 is 10.2 Å². The van der Waals surface area contributed by atoms with Crippen LogP contribution in [0.3, 0.4) is 0 Å². The van der Waals surface area contributed by atoms with Gasteiger partial charge in [-0.1, -0.05) is 24.3 Å². The number of rotatable bonds is 2. The van der Waals surface area contributed by atoms with Crippen LogP contribution in [0.15, 0.2) is 97.6 Å². The molecule has 0 amide bonds. The minimum absolute atomic E-state index is 0. The third-order valence-corrected chi connectivity index (χ3v) is 3.18. The third-order valence-electron chi connectivity index (χ3n) is 3.18. The second-order valence-corrected chi connectivity index (χ2v) is 6.17. The van der Waals surface area contributed by atoms with Gasteiger partial charge < -0.3 is 22.1 Å². The van der Waals surface area contributed by atoms with Crippen LogP contribution in [0.4, 0.5) is 0 Å². The maximum Gasteiger partial charge on any atom is 3.00 e. The van der Waals surface area contributed by atoms with Crippen LogP contribution < -0.4 is 18.6 Å². The predicted molar refractivity (Wildman–Crippen MR) is 115 cm³/mol. The maximum atomic E-state index is 8.49. The van der Waals surface area contributed by atoms with E-state index in [0.29, 0.717) is 0 Å². The molecule has 36 heavy (non-hydrogen) atoms. The molecule has 186 valence electrons. The van der Waals surface area contributed by atoms with Crippen LogP contribution in [0.5, 0.6) is 0 Å². The van der Waals surface area contributed by atoms with E-state index in [1.165, 1.54) is 9.82 Å². The summed E-state index contributed by atoms with van der Waals surface area (Å²) < 4.78 is 34.0. The zero-order valence-corrected chi connectivity index (χ0v) is 19.9. The predicted octanol–water partition coefficient (Wildman–Crippen LogP) is 1.26. The van der Waals surface area contributed by atoms with Crippen molar-refractivity contribution in [2.75, 3.05) is 0 Å². The fraction of sp³-hybridized carbons (Fsp3) is 0. The van der Waals surface area contributed by atoms with Crippen molar-refractivity contribution in [2.24, 2.45) is 0 Å². The van der Waals surface area contributed by atoms with Crippen LogP contribution in [0, 0.1) is 10.2 Å². The monoisotopic (exact) mass is 554 g/mol. The SMILES string of the molecule is [Co+3].[N-]=[N+]=[N-].[N-]=[N+]=[N-].[O-][Cl+3]([O-])([O-])[O-].c1ccc(-c2ccccn2)nc1.c1ccc(-c2ccccn2)nc1. The van der Waals surface area contributed by atoms with Gasteiger partial charge in [-0.2, -0.15) is 0 Å². The van der Waals surface area contributed by atoms with E-state index in [9.17, 15) is 0 Å². The zero-order valence-electron chi connectivity index (χ0n) is 18.1. The molecule has 0 aliphatic carbocycles. The molecule has 4 aromatic rings. The first-order valence-electron chi connectivity index (χ1n) is 9.00. The Hall–Kier alpha value is -4.14. The molecule has 0 saturated carbocycles. The molecule has 0 fully saturated rings. The number of aromatic nitrogens is 4. The molecular weight excluding hydrogens is 539 g/mol. The summed E-state index contributed by atoms with van der Waals surface area (Å²) in [6.07, 6.45) is 7.07. The van der Waals surface area contributed by atoms with Gasteiger partial charge in [0.25, 0.3) is 0 Å². The van der Waals surface area contributed by atoms with Crippen molar-refractivity contribution in [3.63, 3.8) is 0 Å². The van der Waals surface area contributed by atoms with Gasteiger partial charge in [-0.05, 0) is 48.5 Å². The van der Waals surface area contributed by atoms with Gasteiger partial charge in [0.2, 0.25) is 0 Å². The van der Waals surface area contributed by atoms with Crippen LogP contribution in [0.25, 0.3) is 54.7 Å². The second kappa shape index (κ2) is 21.4. The Balaban J connectivity index is 0. The van der Waals surface area contributed by atoms with Crippen LogP contribution in [-0.4, -0.2) is 19.9 Å². The Morgan fingerprint density at radius 3 is 0.750 bits per heavy atom. The summed E-state index contributed by atoms with van der Waals surface area (Å²) in [5.74, 6) is 0. The van der Waals surface area contributed by atoms with Gasteiger partial charge in [-0.3, -0.25) is 29.8 Å². The first-order chi connectivity index (χ1) is 16.8. The molecule has 0 bridgehead atoms. The summed E-state index contributed by atoms with van der Waals surface area (Å²) in [5.41, 5.74) is 30.7. The van der Waals surface area contributed by atoms with E-state index >= 15 is 0 Å². The molecule has 0 saturated heterocycles. The van der Waals surface area contributed by atoms with Crippen molar-refractivity contribution >= 4 is 0 Å². The van der Waals surface area contributed by atoms with Gasteiger partial charge in [-0.25, -0.2) is 18.6 Å². The molecule has 4 aromatic heterocycles. The van der Waals surface area contributed by atoms with E-state index in [2.05, 4.69) is 19.9 Å². The molecule has 4 rings (SSSR count). The molecule has 0 aliphatic heterocycles. The Kier molecular flexibility index (Phi) is 20.2. The summed E-state index contributed by atoms with van der Waals surface area (Å²) in [7, 11) is -4.94. The van der Waals surface area contributed by atoms with Crippen molar-refractivity contribution < 1.29 is 45.7 Å². The Labute approximate surface area is 217 Å². The fourth-order valence-electron chi connectivity index (χ4n) is 2.06. The van der Waals surface area contributed by atoms with E-state index in [-0.39, 0.29) is 16.8 Å². The topological polar surface area (TPSA) is 261 Å². The molecule has 0 atom stereocenters. The molecule has 0 N–H and O–H groups in total. The van der Waals surface area contributed by atoms with E-state index in [0.717, 1.165) is 22.8 Å². The summed E-state index contributed by atoms with van der Waals surface area (Å²) in [5, 5.41) is 0. The first-order valence-corrected chi connectivity index (χ1v) is 10.2. The molecule has 0 unspecified atom stereocenters. The van der Waals surface area contributed by atoms with Gasteiger partial charge in [0, 0.05) is 24.8 Å². The number of pyridine rings is 4. The zero-order chi connectivity index (χ0) is 26.4. The third kappa shape index (κ3) is 19.3. The minimum atomic E-state index is -4.94. The van der Waals surface area contributed by atoms with Gasteiger partial charge in [-0.15, -0.1) is 10.2 Å². The van der Waals surface area contributed by atoms with Crippen molar-refractivity contribution in [3.8, 4) is 22.8 Å². The van der Waals surface area contributed by atoms with Crippen LogP contribution in [0.2, 0.25) is 0 Å². The van der Waals surface area contributed by atoms with Crippen LogP contribution in [0.1, 0.15) is 0 Å². The molecule has 0 aliphatic rings. The Morgan fingerprint density at radius 1 is 0.472 bits per heavy atom. The Morgan fingerprint density at radius 2 is 0.639 bits per heavy atom. The smallest absolute Gasteiger partial charge is 0.373 e. The molecule has 4 heterocycles. The van der Waals surface area contributed by atoms with Crippen molar-refractivity contribution in [1.82, 2.24) is 19.9 Å². The standard InChI is InChI=1S/2C10H8N2.ClHO4.Co.2N3/c2*1-3-7-11-9(5-1)10-6-2-4-8-12-10;2-1(3,4)5;;2*1-3-2/h2*1-8H;(H,2,3,4,5);;;/q;;;+3;2*-1/p-1. The Bertz CT molecular complexity index is 963. The van der Waals surface area contributed by atoms with E-state index in [1.807, 2.05) is 72.8 Å². The largest absolute Gasteiger partial charge is 3.00 e. The van der Waals surface area contributed by atoms with Gasteiger partial charge >= 0.3 is 16.8 Å². The molecule has 0 radical (unpaired) electrons. The molecular formula is C20H16ClCoN10O4. The van der Waals surface area contributed by atoms with Crippen LogP contribution in [-0.2, 0) is 16.8 Å². The van der Waals surface area contributed by atoms with Crippen molar-refractivity contribution in [2.45, 2.75) is 0 Å². The maximum absolute atomic E-state index is 8.49. The second-order valence-electron chi connectivity index (χ2n) is 5.42. The fourth-order valence-corrected chi connectivity index (χ4v) is 2.06. The summed E-state index contributed by atoms with van der Waals surface area (Å²) in [6.45, 7) is 0. The summed E-state index contributed by atoms with van der Waals surface area (Å²) >= 11 is 0. The molecule has 0 spiro atoms. The number of hydrogen-bond acceptors (Lipinski definition) is 8. The van der Waals surface area contributed by atoms with Gasteiger partial charge in [0.05, 0.1) is 22.8 Å². The molecule has 16 heteroatoms. The number of halogens is 1. The minimum Gasteiger partial charge on any atom is -0.373 e. The average molecular weight is 555 g/mol. The van der Waals surface area contributed by atoms with Crippen molar-refractivity contribution in [3.05, 3.63) is 130 Å². The quantitative estimate of drug-likeness (QED) is 0.197. The number of nitrogens with zero attached hydrogens (tertiary/aromatic N) is 10. The number of hydrogen-bond donors (Lipinski definition) is 0.